The average Bonchev–Trinajstić information content (AvgIpc) is 3.04. The molecule has 0 spiro atoms. The molecule has 2 fully saturated rings. The largest absolute Gasteiger partial charge is 0.380 e. The Kier molecular flexibility index (Phi) is 4.92. The highest BCUT2D eigenvalue weighted by atomic mass is 32.2. The number of rotatable bonds is 3. The number of piperazine rings is 1. The van der Waals surface area contributed by atoms with E-state index in [4.69, 9.17) is 0 Å². The quantitative estimate of drug-likeness (QED) is 0.878. The van der Waals surface area contributed by atoms with Crippen molar-refractivity contribution in [3.63, 3.8) is 0 Å². The van der Waals surface area contributed by atoms with Crippen molar-refractivity contribution in [3.8, 4) is 0 Å². The van der Waals surface area contributed by atoms with Crippen molar-refractivity contribution >= 4 is 15.9 Å². The van der Waals surface area contributed by atoms with Gasteiger partial charge in [-0.05, 0) is 56.7 Å². The maximum absolute atomic E-state index is 12.9. The number of aliphatic hydroxyl groups is 1. The van der Waals surface area contributed by atoms with Crippen molar-refractivity contribution in [2.24, 2.45) is 0 Å². The lowest BCUT2D eigenvalue weighted by Crippen LogP contribution is -2.55. The van der Waals surface area contributed by atoms with E-state index in [9.17, 15) is 18.3 Å². The fourth-order valence-electron chi connectivity index (χ4n) is 3.72. The first-order chi connectivity index (χ1) is 11.7. The molecule has 138 valence electrons. The van der Waals surface area contributed by atoms with Gasteiger partial charge in [-0.2, -0.15) is 4.31 Å². The monoisotopic (exact) mass is 366 g/mol. The van der Waals surface area contributed by atoms with Gasteiger partial charge in [0, 0.05) is 26.2 Å². The third-order valence-electron chi connectivity index (χ3n) is 5.32. The van der Waals surface area contributed by atoms with E-state index in [0.29, 0.717) is 30.8 Å². The van der Waals surface area contributed by atoms with Crippen molar-refractivity contribution in [1.82, 2.24) is 9.21 Å². The summed E-state index contributed by atoms with van der Waals surface area (Å²) in [6, 6.07) is 5.41. The molecular formula is C18H26N2O4S. The van der Waals surface area contributed by atoms with E-state index >= 15 is 0 Å². The van der Waals surface area contributed by atoms with E-state index in [2.05, 4.69) is 0 Å². The molecule has 0 radical (unpaired) electrons. The van der Waals surface area contributed by atoms with Crippen LogP contribution in [0, 0.1) is 13.8 Å². The fourth-order valence-corrected chi connectivity index (χ4v) is 5.46. The molecule has 0 unspecified atom stereocenters. The van der Waals surface area contributed by atoms with Gasteiger partial charge in [-0.3, -0.25) is 4.79 Å². The Bertz CT molecular complexity index is 761. The highest BCUT2D eigenvalue weighted by Gasteiger charge is 2.43. The van der Waals surface area contributed by atoms with Gasteiger partial charge in [0.1, 0.15) is 5.60 Å². The maximum Gasteiger partial charge on any atom is 0.254 e. The molecule has 2 aliphatic rings. The number of aryl methyl sites for hydroxylation is 2. The Morgan fingerprint density at radius 1 is 1.08 bits per heavy atom. The number of nitrogens with zero attached hydrogens (tertiary/aromatic N) is 2. The lowest BCUT2D eigenvalue weighted by Gasteiger charge is -2.37. The van der Waals surface area contributed by atoms with E-state index in [1.165, 1.54) is 4.31 Å². The topological polar surface area (TPSA) is 77.9 Å². The summed E-state index contributed by atoms with van der Waals surface area (Å²) in [5.74, 6) is -0.242. The summed E-state index contributed by atoms with van der Waals surface area (Å²) in [5.41, 5.74) is 0.388. The lowest BCUT2D eigenvalue weighted by atomic mass is 10.0. The number of sulfonamides is 1. The van der Waals surface area contributed by atoms with Gasteiger partial charge in [0.25, 0.3) is 5.91 Å². The SMILES string of the molecule is Cc1ccc(C)c(S(=O)(=O)N2CCN(C(=O)C3(O)CCCC3)CC2)c1. The molecule has 1 saturated carbocycles. The Morgan fingerprint density at radius 2 is 1.68 bits per heavy atom. The number of hydrogen-bond donors (Lipinski definition) is 1. The first kappa shape index (κ1) is 18.4. The first-order valence-electron chi connectivity index (χ1n) is 8.83. The second-order valence-electron chi connectivity index (χ2n) is 7.20. The molecule has 1 saturated heterocycles. The Morgan fingerprint density at radius 3 is 2.28 bits per heavy atom. The standard InChI is InChI=1S/C18H26N2O4S/c1-14-5-6-15(2)16(13-14)25(23,24)20-11-9-19(10-12-20)17(21)18(22)7-3-4-8-18/h5-6,13,22H,3-4,7-12H2,1-2H3. The summed E-state index contributed by atoms with van der Waals surface area (Å²) in [6.07, 6.45) is 2.74. The highest BCUT2D eigenvalue weighted by Crippen LogP contribution is 2.32. The van der Waals surface area contributed by atoms with E-state index in [1.54, 1.807) is 17.9 Å². The Hall–Kier alpha value is -1.44. The van der Waals surface area contributed by atoms with Gasteiger partial charge in [-0.25, -0.2) is 8.42 Å². The second kappa shape index (κ2) is 6.70. The van der Waals surface area contributed by atoms with Gasteiger partial charge in [-0.1, -0.05) is 12.1 Å². The van der Waals surface area contributed by atoms with Gasteiger partial charge < -0.3 is 10.0 Å². The Balaban J connectivity index is 1.71. The zero-order chi connectivity index (χ0) is 18.2. The van der Waals surface area contributed by atoms with Crippen LogP contribution in [0.1, 0.15) is 36.8 Å². The van der Waals surface area contributed by atoms with Crippen molar-refractivity contribution in [2.75, 3.05) is 26.2 Å². The van der Waals surface area contributed by atoms with Crippen molar-refractivity contribution in [1.29, 1.82) is 0 Å². The minimum absolute atomic E-state index is 0.242. The molecule has 1 N–H and O–H groups in total. The normalized spacial score (nSPS) is 21.5. The smallest absolute Gasteiger partial charge is 0.254 e. The molecule has 6 nitrogen and oxygen atoms in total. The van der Waals surface area contributed by atoms with Gasteiger partial charge in [-0.15, -0.1) is 0 Å². The zero-order valence-corrected chi connectivity index (χ0v) is 15.7. The van der Waals surface area contributed by atoms with Crippen LogP contribution < -0.4 is 0 Å². The molecule has 1 heterocycles. The van der Waals surface area contributed by atoms with Crippen LogP contribution in [0.25, 0.3) is 0 Å². The molecule has 0 atom stereocenters. The zero-order valence-electron chi connectivity index (χ0n) is 14.9. The molecule has 1 aliphatic carbocycles. The minimum Gasteiger partial charge on any atom is -0.380 e. The molecule has 0 aromatic heterocycles. The summed E-state index contributed by atoms with van der Waals surface area (Å²) < 4.78 is 27.3. The maximum atomic E-state index is 12.9. The van der Waals surface area contributed by atoms with E-state index in [1.807, 2.05) is 19.1 Å². The van der Waals surface area contributed by atoms with Crippen LogP contribution >= 0.6 is 0 Å². The molecule has 1 aliphatic heterocycles. The second-order valence-corrected chi connectivity index (χ2v) is 9.11. The van der Waals surface area contributed by atoms with Gasteiger partial charge in [0.2, 0.25) is 10.0 Å². The molecular weight excluding hydrogens is 340 g/mol. The lowest BCUT2D eigenvalue weighted by molar-refractivity contribution is -0.151. The van der Waals surface area contributed by atoms with Gasteiger partial charge in [0.15, 0.2) is 0 Å². The summed E-state index contributed by atoms with van der Waals surface area (Å²) in [6.45, 7) is 4.84. The van der Waals surface area contributed by atoms with Crippen LogP contribution in [-0.4, -0.2) is 60.4 Å². The van der Waals surface area contributed by atoms with Crippen LogP contribution in [0.15, 0.2) is 23.1 Å². The third-order valence-corrected chi connectivity index (χ3v) is 7.36. The van der Waals surface area contributed by atoms with Crippen LogP contribution in [0.5, 0.6) is 0 Å². The molecule has 25 heavy (non-hydrogen) atoms. The summed E-state index contributed by atoms with van der Waals surface area (Å²) >= 11 is 0. The molecule has 3 rings (SSSR count). The molecule has 1 aromatic rings. The van der Waals surface area contributed by atoms with Crippen LogP contribution in [0.4, 0.5) is 0 Å². The molecule has 1 amide bonds. The summed E-state index contributed by atoms with van der Waals surface area (Å²) in [4.78, 5) is 14.5. The van der Waals surface area contributed by atoms with Gasteiger partial charge in [0.05, 0.1) is 4.90 Å². The summed E-state index contributed by atoms with van der Waals surface area (Å²) in [7, 11) is -3.57. The predicted molar refractivity (Wildman–Crippen MR) is 94.7 cm³/mol. The molecule has 0 bridgehead atoms. The van der Waals surface area contributed by atoms with Crippen molar-refractivity contribution in [2.45, 2.75) is 50.0 Å². The van der Waals surface area contributed by atoms with Crippen LogP contribution in [-0.2, 0) is 14.8 Å². The number of amides is 1. The number of carbonyl (C=O) groups excluding carboxylic acids is 1. The van der Waals surface area contributed by atoms with E-state index in [-0.39, 0.29) is 19.0 Å². The minimum atomic E-state index is -3.57. The predicted octanol–water partition coefficient (Wildman–Crippen LogP) is 1.44. The van der Waals surface area contributed by atoms with Crippen molar-refractivity contribution in [3.05, 3.63) is 29.3 Å². The average molecular weight is 366 g/mol. The molecule has 7 heteroatoms. The third kappa shape index (κ3) is 3.45. The molecule has 1 aromatic carbocycles. The number of benzene rings is 1. The Labute approximate surface area is 149 Å². The van der Waals surface area contributed by atoms with Crippen molar-refractivity contribution < 1.29 is 18.3 Å². The number of hydrogen-bond acceptors (Lipinski definition) is 4. The van der Waals surface area contributed by atoms with E-state index in [0.717, 1.165) is 24.0 Å². The first-order valence-corrected chi connectivity index (χ1v) is 10.3. The fraction of sp³-hybridized carbons (Fsp3) is 0.611. The summed E-state index contributed by atoms with van der Waals surface area (Å²) in [5, 5.41) is 10.5. The highest BCUT2D eigenvalue weighted by molar-refractivity contribution is 7.89. The van der Waals surface area contributed by atoms with Crippen LogP contribution in [0.3, 0.4) is 0 Å². The number of carbonyl (C=O) groups is 1. The van der Waals surface area contributed by atoms with Crippen LogP contribution in [0.2, 0.25) is 0 Å². The van der Waals surface area contributed by atoms with E-state index < -0.39 is 15.6 Å². The van der Waals surface area contributed by atoms with Gasteiger partial charge >= 0.3 is 0 Å².